The van der Waals surface area contributed by atoms with Crippen LogP contribution in [0.2, 0.25) is 0 Å². The molecule has 0 saturated carbocycles. The summed E-state index contributed by atoms with van der Waals surface area (Å²) in [7, 11) is 5.16. The summed E-state index contributed by atoms with van der Waals surface area (Å²) in [6.07, 6.45) is 0.344. The molecule has 4 heteroatoms. The summed E-state index contributed by atoms with van der Waals surface area (Å²) in [6.45, 7) is 2.16. The Balaban J connectivity index is 2.64. The van der Waals surface area contributed by atoms with E-state index in [9.17, 15) is 0 Å². The molecule has 0 aromatic rings. The fourth-order valence-electron chi connectivity index (χ4n) is 1.73. The largest absolute Gasteiger partial charge is 0.378 e. The van der Waals surface area contributed by atoms with Crippen molar-refractivity contribution >= 4 is 11.8 Å². The predicted molar refractivity (Wildman–Crippen MR) is 54.3 cm³/mol. The van der Waals surface area contributed by atoms with Gasteiger partial charge in [0.15, 0.2) is 0 Å². The molecule has 1 fully saturated rings. The number of ether oxygens (including phenoxy) is 3. The van der Waals surface area contributed by atoms with E-state index in [1.165, 1.54) is 0 Å². The molecule has 1 aliphatic heterocycles. The van der Waals surface area contributed by atoms with Crippen molar-refractivity contribution in [3.63, 3.8) is 0 Å². The van der Waals surface area contributed by atoms with Gasteiger partial charge in [-0.25, -0.2) is 0 Å². The second-order valence-electron chi connectivity index (χ2n) is 3.21. The van der Waals surface area contributed by atoms with E-state index in [-0.39, 0.29) is 18.3 Å². The van der Waals surface area contributed by atoms with E-state index in [1.807, 2.05) is 11.8 Å². The van der Waals surface area contributed by atoms with Gasteiger partial charge in [0, 0.05) is 32.3 Å². The average molecular weight is 206 g/mol. The van der Waals surface area contributed by atoms with Gasteiger partial charge >= 0.3 is 0 Å². The van der Waals surface area contributed by atoms with Crippen LogP contribution in [0, 0.1) is 0 Å². The van der Waals surface area contributed by atoms with Crippen LogP contribution in [0.5, 0.6) is 0 Å². The van der Waals surface area contributed by atoms with Crippen molar-refractivity contribution in [1.29, 1.82) is 0 Å². The van der Waals surface area contributed by atoms with Crippen LogP contribution < -0.4 is 0 Å². The summed E-state index contributed by atoms with van der Waals surface area (Å²) in [5.41, 5.74) is 0. The maximum atomic E-state index is 5.41. The Morgan fingerprint density at radius 2 is 1.62 bits per heavy atom. The second kappa shape index (κ2) is 5.20. The van der Waals surface area contributed by atoms with Crippen molar-refractivity contribution in [1.82, 2.24) is 0 Å². The Labute approximate surface area is 84.1 Å². The molecule has 1 aliphatic rings. The fourth-order valence-corrected chi connectivity index (χ4v) is 3.00. The first-order valence-corrected chi connectivity index (χ1v) is 5.49. The van der Waals surface area contributed by atoms with Gasteiger partial charge < -0.3 is 14.2 Å². The van der Waals surface area contributed by atoms with Crippen LogP contribution in [0.4, 0.5) is 0 Å². The van der Waals surface area contributed by atoms with Crippen LogP contribution in [0.25, 0.3) is 0 Å². The van der Waals surface area contributed by atoms with Crippen molar-refractivity contribution in [3.8, 4) is 0 Å². The summed E-state index contributed by atoms with van der Waals surface area (Å²) in [5.74, 6) is 0.982. The van der Waals surface area contributed by atoms with E-state index < -0.39 is 0 Å². The molecule has 0 aliphatic carbocycles. The van der Waals surface area contributed by atoms with Crippen LogP contribution in [0.3, 0.4) is 0 Å². The van der Waals surface area contributed by atoms with Gasteiger partial charge in [-0.3, -0.25) is 0 Å². The minimum absolute atomic E-state index is 0.0613. The molecule has 4 atom stereocenters. The van der Waals surface area contributed by atoms with E-state index in [2.05, 4.69) is 6.92 Å². The highest BCUT2D eigenvalue weighted by atomic mass is 32.2. The number of methoxy groups -OCH3 is 3. The molecular weight excluding hydrogens is 188 g/mol. The van der Waals surface area contributed by atoms with Gasteiger partial charge in [-0.15, -0.1) is 0 Å². The van der Waals surface area contributed by atoms with Crippen molar-refractivity contribution in [2.45, 2.75) is 30.5 Å². The standard InChI is InChI=1S/C9H18O3S/c1-6-8(11-3)9(12-4)7(10-2)5-13-6/h6-9H,5H2,1-4H3/t6-,7+,8-,9-/m1/s1. The lowest BCUT2D eigenvalue weighted by molar-refractivity contribution is -0.102. The van der Waals surface area contributed by atoms with Crippen molar-refractivity contribution in [3.05, 3.63) is 0 Å². The zero-order valence-corrected chi connectivity index (χ0v) is 9.47. The topological polar surface area (TPSA) is 27.7 Å². The van der Waals surface area contributed by atoms with Gasteiger partial charge in [-0.05, 0) is 0 Å². The van der Waals surface area contributed by atoms with Gasteiger partial charge in [0.2, 0.25) is 0 Å². The first-order chi connectivity index (χ1) is 6.24. The lowest BCUT2D eigenvalue weighted by atomic mass is 10.1. The third-order valence-electron chi connectivity index (χ3n) is 2.52. The van der Waals surface area contributed by atoms with Gasteiger partial charge in [0.25, 0.3) is 0 Å². The molecule has 1 heterocycles. The van der Waals surface area contributed by atoms with Crippen LogP contribution in [-0.2, 0) is 14.2 Å². The smallest absolute Gasteiger partial charge is 0.111 e. The minimum Gasteiger partial charge on any atom is -0.378 e. The maximum Gasteiger partial charge on any atom is 0.111 e. The Morgan fingerprint density at radius 1 is 1.00 bits per heavy atom. The molecule has 0 spiro atoms. The number of hydrogen-bond donors (Lipinski definition) is 0. The highest BCUT2D eigenvalue weighted by Gasteiger charge is 2.38. The summed E-state index contributed by atoms with van der Waals surface area (Å²) in [6, 6.07) is 0. The first-order valence-electron chi connectivity index (χ1n) is 4.44. The molecular formula is C9H18O3S. The molecule has 78 valence electrons. The summed E-state index contributed by atoms with van der Waals surface area (Å²) in [5, 5.41) is 0.473. The zero-order chi connectivity index (χ0) is 9.84. The summed E-state index contributed by atoms with van der Waals surface area (Å²) in [4.78, 5) is 0. The molecule has 1 saturated heterocycles. The minimum atomic E-state index is 0.0613. The lowest BCUT2D eigenvalue weighted by Crippen LogP contribution is -2.50. The highest BCUT2D eigenvalue weighted by molar-refractivity contribution is 8.00. The summed E-state index contributed by atoms with van der Waals surface area (Å²) < 4.78 is 16.2. The van der Waals surface area contributed by atoms with Crippen LogP contribution >= 0.6 is 11.8 Å². The van der Waals surface area contributed by atoms with Gasteiger partial charge in [0.1, 0.15) is 6.10 Å². The molecule has 0 N–H and O–H groups in total. The fraction of sp³-hybridized carbons (Fsp3) is 1.00. The number of thioether (sulfide) groups is 1. The van der Waals surface area contributed by atoms with Crippen LogP contribution in [0.1, 0.15) is 6.92 Å². The van der Waals surface area contributed by atoms with E-state index in [1.54, 1.807) is 21.3 Å². The molecule has 0 unspecified atom stereocenters. The third kappa shape index (κ3) is 2.37. The first kappa shape index (κ1) is 11.3. The molecule has 0 bridgehead atoms. The molecule has 0 radical (unpaired) electrons. The van der Waals surface area contributed by atoms with Gasteiger partial charge in [0.05, 0.1) is 12.2 Å². The normalized spacial score (nSPS) is 40.6. The Hall–Kier alpha value is 0.230. The monoisotopic (exact) mass is 206 g/mol. The molecule has 0 aromatic carbocycles. The molecule has 1 rings (SSSR count). The lowest BCUT2D eigenvalue weighted by Gasteiger charge is -2.38. The molecule has 0 aromatic heterocycles. The van der Waals surface area contributed by atoms with E-state index >= 15 is 0 Å². The van der Waals surface area contributed by atoms with Crippen molar-refractivity contribution in [2.24, 2.45) is 0 Å². The van der Waals surface area contributed by atoms with Crippen LogP contribution in [-0.4, -0.2) is 50.6 Å². The maximum absolute atomic E-state index is 5.41. The van der Waals surface area contributed by atoms with E-state index in [0.29, 0.717) is 5.25 Å². The van der Waals surface area contributed by atoms with Crippen molar-refractivity contribution < 1.29 is 14.2 Å². The number of rotatable bonds is 3. The van der Waals surface area contributed by atoms with E-state index in [4.69, 9.17) is 14.2 Å². The molecule has 3 nitrogen and oxygen atoms in total. The van der Waals surface area contributed by atoms with Gasteiger partial charge in [-0.2, -0.15) is 11.8 Å². The Bertz CT molecular complexity index is 154. The Morgan fingerprint density at radius 3 is 2.08 bits per heavy atom. The van der Waals surface area contributed by atoms with E-state index in [0.717, 1.165) is 5.75 Å². The zero-order valence-electron chi connectivity index (χ0n) is 8.65. The van der Waals surface area contributed by atoms with Gasteiger partial charge in [-0.1, -0.05) is 6.92 Å². The van der Waals surface area contributed by atoms with Crippen molar-refractivity contribution in [2.75, 3.05) is 27.1 Å². The predicted octanol–water partition coefficient (Wildman–Crippen LogP) is 1.17. The summed E-state index contributed by atoms with van der Waals surface area (Å²) >= 11 is 1.87. The number of hydrogen-bond acceptors (Lipinski definition) is 4. The quantitative estimate of drug-likeness (QED) is 0.693. The highest BCUT2D eigenvalue weighted by Crippen LogP contribution is 2.30. The molecule has 0 amide bonds. The SMILES string of the molecule is CO[C@H]1[C@H](OC)[C@@H](C)SC[C@@H]1OC. The van der Waals surface area contributed by atoms with Crippen LogP contribution in [0.15, 0.2) is 0 Å². The molecule has 13 heavy (non-hydrogen) atoms. The third-order valence-corrected chi connectivity index (χ3v) is 3.84. The second-order valence-corrected chi connectivity index (χ2v) is 4.62. The average Bonchev–Trinajstić information content (AvgIpc) is 2.17. The Kier molecular flexibility index (Phi) is 4.52.